The molecule has 142 valence electrons. The molecule has 6 nitrogen and oxygen atoms in total. The van der Waals surface area contributed by atoms with Gasteiger partial charge in [-0.15, -0.1) is 0 Å². The molecule has 1 aromatic carbocycles. The zero-order chi connectivity index (χ0) is 20.2. The summed E-state index contributed by atoms with van der Waals surface area (Å²) >= 11 is 0. The molecule has 3 aromatic heterocycles. The molecule has 0 unspecified atom stereocenters. The third-order valence-electron chi connectivity index (χ3n) is 4.82. The van der Waals surface area contributed by atoms with Crippen LogP contribution in [0.1, 0.15) is 27.9 Å². The lowest BCUT2D eigenvalue weighted by atomic mass is 10.1. The quantitative estimate of drug-likeness (QED) is 0.471. The second kappa shape index (κ2) is 7.97. The molecule has 29 heavy (non-hydrogen) atoms. The van der Waals surface area contributed by atoms with E-state index >= 15 is 0 Å². The normalized spacial score (nSPS) is 11.1. The van der Waals surface area contributed by atoms with Crippen molar-refractivity contribution in [1.82, 2.24) is 15.0 Å². The number of fused-ring (bicyclic) bond motifs is 1. The number of H-pyrrole nitrogens is 1. The number of benzene rings is 1. The van der Waals surface area contributed by atoms with Crippen LogP contribution in [-0.2, 0) is 6.61 Å². The molecule has 0 amide bonds. The highest BCUT2D eigenvalue weighted by molar-refractivity contribution is 5.90. The average molecular weight is 381 g/mol. The number of nitrogens with zero attached hydrogens (tertiary/aromatic N) is 3. The Labute approximate surface area is 168 Å². The highest BCUT2D eigenvalue weighted by atomic mass is 16.3. The molecule has 3 heterocycles. The van der Waals surface area contributed by atoms with Crippen molar-refractivity contribution in [1.29, 1.82) is 5.26 Å². The molecule has 3 N–H and O–H groups in total. The van der Waals surface area contributed by atoms with Crippen molar-refractivity contribution >= 4 is 34.4 Å². The van der Waals surface area contributed by atoms with Gasteiger partial charge in [-0.25, -0.2) is 0 Å². The number of anilines is 2. The molecular formula is C23H19N5O. The van der Waals surface area contributed by atoms with Gasteiger partial charge in [0, 0.05) is 46.9 Å². The molecule has 0 aliphatic carbocycles. The van der Waals surface area contributed by atoms with E-state index < -0.39 is 0 Å². The number of aromatic nitrogens is 3. The van der Waals surface area contributed by atoms with Crippen LogP contribution in [-0.4, -0.2) is 20.1 Å². The molecule has 0 saturated heterocycles. The summed E-state index contributed by atoms with van der Waals surface area (Å²) in [5.74, 6) is 0. The van der Waals surface area contributed by atoms with Crippen LogP contribution in [0.3, 0.4) is 0 Å². The van der Waals surface area contributed by atoms with E-state index in [2.05, 4.69) is 26.3 Å². The number of nitrogens with one attached hydrogen (secondary N) is 2. The summed E-state index contributed by atoms with van der Waals surface area (Å²) in [4.78, 5) is 11.7. The average Bonchev–Trinajstić information content (AvgIpc) is 3.25. The van der Waals surface area contributed by atoms with E-state index in [1.54, 1.807) is 18.6 Å². The van der Waals surface area contributed by atoms with Crippen LogP contribution in [0.2, 0.25) is 0 Å². The minimum Gasteiger partial charge on any atom is -0.392 e. The predicted molar refractivity (Wildman–Crippen MR) is 114 cm³/mol. The fraction of sp³-hybridized carbons (Fsp3) is 0.0870. The molecule has 0 aliphatic heterocycles. The third kappa shape index (κ3) is 3.72. The van der Waals surface area contributed by atoms with Gasteiger partial charge in [-0.2, -0.15) is 5.26 Å². The van der Waals surface area contributed by atoms with Gasteiger partial charge in [-0.1, -0.05) is 6.07 Å². The van der Waals surface area contributed by atoms with Gasteiger partial charge in [0.2, 0.25) is 0 Å². The lowest BCUT2D eigenvalue weighted by Crippen LogP contribution is -1.99. The zero-order valence-corrected chi connectivity index (χ0v) is 15.8. The van der Waals surface area contributed by atoms with E-state index in [0.717, 1.165) is 39.0 Å². The van der Waals surface area contributed by atoms with Crippen molar-refractivity contribution in [2.75, 3.05) is 5.32 Å². The van der Waals surface area contributed by atoms with E-state index in [9.17, 15) is 5.26 Å². The van der Waals surface area contributed by atoms with Gasteiger partial charge in [0.1, 0.15) is 6.07 Å². The molecule has 0 fully saturated rings. The van der Waals surface area contributed by atoms with Crippen molar-refractivity contribution in [3.8, 4) is 6.07 Å². The molecule has 6 heteroatoms. The van der Waals surface area contributed by atoms with E-state index in [1.165, 1.54) is 0 Å². The fourth-order valence-electron chi connectivity index (χ4n) is 3.18. The standard InChI is InChI=1S/C23H19N5O/c1-15-20-8-9-26-22(20)7-6-21(15)28-23-17(12-25-13-18(23)10-24)3-5-19-4-2-16(14-29)11-27-19/h2-9,11-13,26,29H,14H2,1H3,(H,25,28)/b5-3+. The number of aryl methyl sites for hydroxylation is 1. The second-order valence-electron chi connectivity index (χ2n) is 6.65. The molecule has 0 saturated carbocycles. The monoisotopic (exact) mass is 381 g/mol. The number of aliphatic hydroxyl groups is 1. The molecule has 0 spiro atoms. The first kappa shape index (κ1) is 18.4. The molecule has 0 radical (unpaired) electrons. The maximum absolute atomic E-state index is 9.58. The minimum atomic E-state index is -0.0377. The maximum Gasteiger partial charge on any atom is 0.103 e. The van der Waals surface area contributed by atoms with Crippen molar-refractivity contribution in [2.45, 2.75) is 13.5 Å². The molecule has 0 bridgehead atoms. The summed E-state index contributed by atoms with van der Waals surface area (Å²) in [5, 5.41) is 23.3. The van der Waals surface area contributed by atoms with Crippen LogP contribution < -0.4 is 5.32 Å². The van der Waals surface area contributed by atoms with Crippen LogP contribution in [0, 0.1) is 18.3 Å². The Morgan fingerprint density at radius 3 is 2.79 bits per heavy atom. The van der Waals surface area contributed by atoms with Gasteiger partial charge in [0.15, 0.2) is 0 Å². The number of nitriles is 1. The molecular weight excluding hydrogens is 362 g/mol. The Hall–Kier alpha value is -3.95. The summed E-state index contributed by atoms with van der Waals surface area (Å²) in [6.07, 6.45) is 10.5. The minimum absolute atomic E-state index is 0.0377. The van der Waals surface area contributed by atoms with Crippen LogP contribution in [0.25, 0.3) is 23.1 Å². The lowest BCUT2D eigenvalue weighted by Gasteiger charge is -2.14. The van der Waals surface area contributed by atoms with Crippen LogP contribution in [0.4, 0.5) is 11.4 Å². The number of hydrogen-bond acceptors (Lipinski definition) is 5. The van der Waals surface area contributed by atoms with Gasteiger partial charge < -0.3 is 15.4 Å². The molecule has 4 rings (SSSR count). The largest absolute Gasteiger partial charge is 0.392 e. The fourth-order valence-corrected chi connectivity index (χ4v) is 3.18. The lowest BCUT2D eigenvalue weighted by molar-refractivity contribution is 0.281. The Balaban J connectivity index is 1.71. The van der Waals surface area contributed by atoms with Crippen molar-refractivity contribution in [2.24, 2.45) is 0 Å². The summed E-state index contributed by atoms with van der Waals surface area (Å²) in [5.41, 5.74) is 6.55. The van der Waals surface area contributed by atoms with Crippen molar-refractivity contribution < 1.29 is 5.11 Å². The Morgan fingerprint density at radius 1 is 1.14 bits per heavy atom. The van der Waals surface area contributed by atoms with Gasteiger partial charge in [0.05, 0.1) is 23.6 Å². The summed E-state index contributed by atoms with van der Waals surface area (Å²) in [7, 11) is 0. The molecule has 0 aliphatic rings. The topological polar surface area (TPSA) is 97.6 Å². The van der Waals surface area contributed by atoms with E-state index in [-0.39, 0.29) is 6.61 Å². The Kier molecular flexibility index (Phi) is 5.06. The van der Waals surface area contributed by atoms with E-state index in [4.69, 9.17) is 5.11 Å². The summed E-state index contributed by atoms with van der Waals surface area (Å²) in [6, 6.07) is 11.9. The first-order chi connectivity index (χ1) is 14.2. The van der Waals surface area contributed by atoms with Crippen molar-refractivity contribution in [3.63, 3.8) is 0 Å². The maximum atomic E-state index is 9.58. The smallest absolute Gasteiger partial charge is 0.103 e. The first-order valence-electron chi connectivity index (χ1n) is 9.15. The molecule has 0 atom stereocenters. The number of aliphatic hydroxyl groups excluding tert-OH is 1. The van der Waals surface area contributed by atoms with Crippen LogP contribution >= 0.6 is 0 Å². The van der Waals surface area contributed by atoms with E-state index in [0.29, 0.717) is 11.3 Å². The number of pyridine rings is 2. The third-order valence-corrected chi connectivity index (χ3v) is 4.82. The van der Waals surface area contributed by atoms with Gasteiger partial charge in [0.25, 0.3) is 0 Å². The number of hydrogen-bond donors (Lipinski definition) is 3. The highest BCUT2D eigenvalue weighted by Gasteiger charge is 2.11. The number of aromatic amines is 1. The summed E-state index contributed by atoms with van der Waals surface area (Å²) < 4.78 is 0. The Morgan fingerprint density at radius 2 is 2.03 bits per heavy atom. The molecule has 4 aromatic rings. The van der Waals surface area contributed by atoms with Gasteiger partial charge >= 0.3 is 0 Å². The van der Waals surface area contributed by atoms with Crippen molar-refractivity contribution in [3.05, 3.63) is 83.1 Å². The predicted octanol–water partition coefficient (Wildman–Crippen LogP) is 4.54. The van der Waals surface area contributed by atoms with Crippen LogP contribution in [0.15, 0.2) is 55.1 Å². The summed E-state index contributed by atoms with van der Waals surface area (Å²) in [6.45, 7) is 2.01. The zero-order valence-electron chi connectivity index (χ0n) is 15.8. The van der Waals surface area contributed by atoms with Gasteiger partial charge in [-0.05, 0) is 54.5 Å². The first-order valence-corrected chi connectivity index (χ1v) is 9.15. The SMILES string of the molecule is Cc1c(Nc2c(C#N)cncc2/C=C/c2ccc(CO)cn2)ccc2[nH]ccc12. The van der Waals surface area contributed by atoms with E-state index in [1.807, 2.05) is 55.6 Å². The Bertz CT molecular complexity index is 1230. The number of rotatable bonds is 5. The highest BCUT2D eigenvalue weighted by Crippen LogP contribution is 2.31. The van der Waals surface area contributed by atoms with Crippen LogP contribution in [0.5, 0.6) is 0 Å². The van der Waals surface area contributed by atoms with Gasteiger partial charge in [-0.3, -0.25) is 9.97 Å². The second-order valence-corrected chi connectivity index (χ2v) is 6.65.